The lowest BCUT2D eigenvalue weighted by molar-refractivity contribution is -0.240. The fourth-order valence-corrected chi connectivity index (χ4v) is 2.75. The number of hydrogen-bond acceptors (Lipinski definition) is 4. The van der Waals surface area contributed by atoms with Crippen molar-refractivity contribution in [1.82, 2.24) is 4.98 Å². The van der Waals surface area contributed by atoms with E-state index in [1.165, 1.54) is 0 Å². The van der Waals surface area contributed by atoms with Crippen LogP contribution >= 0.6 is 0 Å². The SMILES string of the molecule is CC1(C)OC(=O)C(C(c2ccccc2)c2ccc[nH]2)C(=O)O1. The molecule has 2 aromatic rings. The van der Waals surface area contributed by atoms with Crippen LogP contribution in [0.3, 0.4) is 0 Å². The number of esters is 2. The summed E-state index contributed by atoms with van der Waals surface area (Å²) in [6.45, 7) is 3.09. The minimum absolute atomic E-state index is 0.465. The lowest BCUT2D eigenvalue weighted by Crippen LogP contribution is -2.48. The molecule has 0 aliphatic carbocycles. The summed E-state index contributed by atoms with van der Waals surface area (Å²) in [6.07, 6.45) is 1.76. The number of carbonyl (C=O) groups excluding carboxylic acids is 2. The number of aromatic nitrogens is 1. The number of aromatic amines is 1. The Labute approximate surface area is 128 Å². The molecule has 0 radical (unpaired) electrons. The molecule has 1 fully saturated rings. The normalized spacial score (nSPS) is 19.4. The van der Waals surface area contributed by atoms with Crippen LogP contribution < -0.4 is 0 Å². The van der Waals surface area contributed by atoms with Crippen LogP contribution in [0.2, 0.25) is 0 Å². The van der Waals surface area contributed by atoms with E-state index in [-0.39, 0.29) is 0 Å². The molecule has 5 nitrogen and oxygen atoms in total. The molecule has 1 aromatic carbocycles. The van der Waals surface area contributed by atoms with Crippen LogP contribution in [0.4, 0.5) is 0 Å². The van der Waals surface area contributed by atoms with Gasteiger partial charge in [-0.15, -0.1) is 0 Å². The van der Waals surface area contributed by atoms with Crippen molar-refractivity contribution in [3.8, 4) is 0 Å². The van der Waals surface area contributed by atoms with Crippen molar-refractivity contribution in [2.45, 2.75) is 25.6 Å². The number of rotatable bonds is 3. The molecule has 1 aromatic heterocycles. The van der Waals surface area contributed by atoms with Gasteiger partial charge in [0, 0.05) is 31.7 Å². The second-order valence-corrected chi connectivity index (χ2v) is 5.73. The average Bonchev–Trinajstić information content (AvgIpc) is 2.96. The van der Waals surface area contributed by atoms with Gasteiger partial charge in [0.05, 0.1) is 0 Å². The maximum atomic E-state index is 12.4. The van der Waals surface area contributed by atoms with Crippen molar-refractivity contribution < 1.29 is 19.1 Å². The molecule has 2 heterocycles. The third-order valence-corrected chi connectivity index (χ3v) is 3.65. The summed E-state index contributed by atoms with van der Waals surface area (Å²) in [6, 6.07) is 13.1. The molecule has 1 N–H and O–H groups in total. The number of carbonyl (C=O) groups is 2. The Kier molecular flexibility index (Phi) is 3.48. The second kappa shape index (κ2) is 5.33. The van der Waals surface area contributed by atoms with Crippen molar-refractivity contribution in [3.05, 3.63) is 59.9 Å². The van der Waals surface area contributed by atoms with Gasteiger partial charge in [-0.3, -0.25) is 9.59 Å². The highest BCUT2D eigenvalue weighted by Gasteiger charge is 2.48. The average molecular weight is 299 g/mol. The lowest BCUT2D eigenvalue weighted by atomic mass is 9.83. The highest BCUT2D eigenvalue weighted by atomic mass is 16.7. The number of H-pyrrole nitrogens is 1. The van der Waals surface area contributed by atoms with E-state index in [9.17, 15) is 9.59 Å². The predicted molar refractivity (Wildman–Crippen MR) is 78.8 cm³/mol. The van der Waals surface area contributed by atoms with Gasteiger partial charge in [-0.2, -0.15) is 0 Å². The molecule has 1 saturated heterocycles. The number of hydrogen-bond donors (Lipinski definition) is 1. The fourth-order valence-electron chi connectivity index (χ4n) is 2.75. The fraction of sp³-hybridized carbons (Fsp3) is 0.294. The van der Waals surface area contributed by atoms with Crippen LogP contribution in [0.15, 0.2) is 48.7 Å². The van der Waals surface area contributed by atoms with Crippen LogP contribution in [0.5, 0.6) is 0 Å². The van der Waals surface area contributed by atoms with Gasteiger partial charge >= 0.3 is 11.9 Å². The zero-order chi connectivity index (χ0) is 15.7. The Morgan fingerprint density at radius 1 is 1.00 bits per heavy atom. The molecule has 0 saturated carbocycles. The van der Waals surface area contributed by atoms with Crippen LogP contribution in [-0.2, 0) is 19.1 Å². The molecule has 0 spiro atoms. The molecule has 1 aliphatic heterocycles. The number of benzene rings is 1. The number of ether oxygens (including phenoxy) is 2. The maximum absolute atomic E-state index is 12.4. The van der Waals surface area contributed by atoms with E-state index in [1.807, 2.05) is 42.5 Å². The van der Waals surface area contributed by atoms with Gasteiger partial charge in [0.1, 0.15) is 0 Å². The highest BCUT2D eigenvalue weighted by Crippen LogP contribution is 2.37. The topological polar surface area (TPSA) is 68.4 Å². The van der Waals surface area contributed by atoms with Crippen LogP contribution in [0.1, 0.15) is 31.0 Å². The molecule has 0 bridgehead atoms. The molecular weight excluding hydrogens is 282 g/mol. The first-order valence-corrected chi connectivity index (χ1v) is 7.12. The van der Waals surface area contributed by atoms with Crippen molar-refractivity contribution >= 4 is 11.9 Å². The Bertz CT molecular complexity index is 656. The third-order valence-electron chi connectivity index (χ3n) is 3.65. The zero-order valence-electron chi connectivity index (χ0n) is 12.4. The van der Waals surface area contributed by atoms with Gasteiger partial charge in [0.15, 0.2) is 5.92 Å². The summed E-state index contributed by atoms with van der Waals surface area (Å²) < 4.78 is 10.5. The Balaban J connectivity index is 2.04. The van der Waals surface area contributed by atoms with Gasteiger partial charge in [0.25, 0.3) is 5.79 Å². The smallest absolute Gasteiger partial charge is 0.324 e. The molecule has 114 valence electrons. The van der Waals surface area contributed by atoms with E-state index < -0.39 is 29.6 Å². The zero-order valence-corrected chi connectivity index (χ0v) is 12.4. The van der Waals surface area contributed by atoms with Gasteiger partial charge in [-0.05, 0) is 17.7 Å². The van der Waals surface area contributed by atoms with E-state index in [4.69, 9.17) is 9.47 Å². The summed E-state index contributed by atoms with van der Waals surface area (Å²) in [5, 5.41) is 0. The van der Waals surface area contributed by atoms with Crippen molar-refractivity contribution in [1.29, 1.82) is 0 Å². The first-order valence-electron chi connectivity index (χ1n) is 7.12. The highest BCUT2D eigenvalue weighted by molar-refractivity contribution is 5.98. The molecule has 3 rings (SSSR count). The summed E-state index contributed by atoms with van der Waals surface area (Å²) in [5.41, 5.74) is 1.62. The second-order valence-electron chi connectivity index (χ2n) is 5.73. The van der Waals surface area contributed by atoms with E-state index >= 15 is 0 Å². The van der Waals surface area contributed by atoms with Gasteiger partial charge < -0.3 is 14.5 Å². The van der Waals surface area contributed by atoms with Gasteiger partial charge in [-0.25, -0.2) is 0 Å². The predicted octanol–water partition coefficient (Wildman–Crippen LogP) is 2.60. The van der Waals surface area contributed by atoms with Crippen molar-refractivity contribution in [2.24, 2.45) is 5.92 Å². The van der Waals surface area contributed by atoms with Crippen molar-refractivity contribution in [3.63, 3.8) is 0 Å². The molecular formula is C17H17NO4. The van der Waals surface area contributed by atoms with E-state index in [0.29, 0.717) is 0 Å². The van der Waals surface area contributed by atoms with E-state index in [2.05, 4.69) is 4.98 Å². The summed E-state index contributed by atoms with van der Waals surface area (Å²) >= 11 is 0. The van der Waals surface area contributed by atoms with Gasteiger partial charge in [0.2, 0.25) is 0 Å². The largest absolute Gasteiger partial charge is 0.422 e. The number of cyclic esters (lactones) is 2. The quantitative estimate of drug-likeness (QED) is 0.698. The Hall–Kier alpha value is -2.56. The minimum Gasteiger partial charge on any atom is -0.422 e. The molecule has 22 heavy (non-hydrogen) atoms. The van der Waals surface area contributed by atoms with E-state index in [0.717, 1.165) is 11.3 Å². The van der Waals surface area contributed by atoms with Gasteiger partial charge in [-0.1, -0.05) is 30.3 Å². The summed E-state index contributed by atoms with van der Waals surface area (Å²) in [7, 11) is 0. The lowest BCUT2D eigenvalue weighted by Gasteiger charge is -2.35. The molecule has 0 amide bonds. The standard InChI is InChI=1S/C17H17NO4/c1-17(2)21-15(19)14(16(20)22-17)13(12-9-6-10-18-12)11-7-4-3-5-8-11/h3-10,13-14,18H,1-2H3. The molecule has 1 unspecified atom stereocenters. The van der Waals surface area contributed by atoms with Crippen molar-refractivity contribution in [2.75, 3.05) is 0 Å². The first-order chi connectivity index (χ1) is 10.5. The summed E-state index contributed by atoms with van der Waals surface area (Å²) in [4.78, 5) is 27.9. The molecule has 5 heteroatoms. The third kappa shape index (κ3) is 2.62. The first kappa shape index (κ1) is 14.4. The summed E-state index contributed by atoms with van der Waals surface area (Å²) in [5.74, 6) is -3.84. The Morgan fingerprint density at radius 2 is 1.64 bits per heavy atom. The molecule has 1 aliphatic rings. The maximum Gasteiger partial charge on any atom is 0.324 e. The van der Waals surface area contributed by atoms with Crippen LogP contribution in [0, 0.1) is 5.92 Å². The number of nitrogens with one attached hydrogen (secondary N) is 1. The monoisotopic (exact) mass is 299 g/mol. The van der Waals surface area contributed by atoms with E-state index in [1.54, 1.807) is 20.0 Å². The minimum atomic E-state index is -1.22. The van der Waals surface area contributed by atoms with Crippen LogP contribution in [-0.4, -0.2) is 22.7 Å². The Morgan fingerprint density at radius 3 is 2.18 bits per heavy atom. The molecule has 1 atom stereocenters. The van der Waals surface area contributed by atoms with Crippen LogP contribution in [0.25, 0.3) is 0 Å².